The minimum atomic E-state index is -0.150. The number of carbonyl (C=O) groups is 1. The van der Waals surface area contributed by atoms with Crippen LogP contribution in [0.15, 0.2) is 29.5 Å². The van der Waals surface area contributed by atoms with E-state index < -0.39 is 0 Å². The number of piperidine rings is 1. The first kappa shape index (κ1) is 18.2. The monoisotopic (exact) mass is 333 g/mol. The second-order valence-electron chi connectivity index (χ2n) is 5.60. The van der Waals surface area contributed by atoms with Crippen molar-refractivity contribution in [2.24, 2.45) is 4.99 Å². The molecule has 0 aliphatic carbocycles. The standard InChI is InChI=1S/C17H27N5O2/c1-3-19-17(22-10-7-15(8-11-22)24-4-2)20-13-16(23)21-14-6-5-9-18-12-14/h5-6,9,12,15H,3-4,7-8,10-11,13H2,1-2H3,(H,19,20)(H,21,23). The number of aromatic nitrogens is 1. The first-order chi connectivity index (χ1) is 11.7. The Morgan fingerprint density at radius 1 is 1.42 bits per heavy atom. The Labute approximate surface area is 143 Å². The van der Waals surface area contributed by atoms with Gasteiger partial charge < -0.3 is 20.3 Å². The van der Waals surface area contributed by atoms with Gasteiger partial charge in [-0.3, -0.25) is 9.78 Å². The van der Waals surface area contributed by atoms with Gasteiger partial charge in [0.05, 0.1) is 18.0 Å². The molecule has 7 heteroatoms. The smallest absolute Gasteiger partial charge is 0.246 e. The van der Waals surface area contributed by atoms with Crippen LogP contribution in [0.2, 0.25) is 0 Å². The summed E-state index contributed by atoms with van der Waals surface area (Å²) in [6.45, 7) is 7.45. The second kappa shape index (κ2) is 9.87. The Kier molecular flexibility index (Phi) is 7.48. The van der Waals surface area contributed by atoms with Crippen LogP contribution in [0.3, 0.4) is 0 Å². The molecule has 0 unspecified atom stereocenters. The Bertz CT molecular complexity index is 527. The van der Waals surface area contributed by atoms with Gasteiger partial charge in [0.15, 0.2) is 5.96 Å². The summed E-state index contributed by atoms with van der Waals surface area (Å²) in [7, 11) is 0. The Hall–Kier alpha value is -2.15. The van der Waals surface area contributed by atoms with Gasteiger partial charge in [-0.15, -0.1) is 0 Å². The molecule has 2 rings (SSSR count). The van der Waals surface area contributed by atoms with Crippen molar-refractivity contribution in [3.63, 3.8) is 0 Å². The van der Waals surface area contributed by atoms with Crippen molar-refractivity contribution in [3.05, 3.63) is 24.5 Å². The SMILES string of the molecule is CCNC(=NCC(=O)Nc1cccnc1)N1CCC(OCC)CC1. The third kappa shape index (κ3) is 5.81. The molecule has 0 atom stereocenters. The molecule has 1 aromatic rings. The predicted molar refractivity (Wildman–Crippen MR) is 95.1 cm³/mol. The molecule has 1 aromatic heterocycles. The van der Waals surface area contributed by atoms with E-state index in [4.69, 9.17) is 4.74 Å². The van der Waals surface area contributed by atoms with E-state index in [0.717, 1.165) is 45.0 Å². The van der Waals surface area contributed by atoms with Crippen LogP contribution in [0.1, 0.15) is 26.7 Å². The highest BCUT2D eigenvalue weighted by molar-refractivity contribution is 5.93. The maximum Gasteiger partial charge on any atom is 0.246 e. The van der Waals surface area contributed by atoms with Crippen LogP contribution >= 0.6 is 0 Å². The van der Waals surface area contributed by atoms with Crippen molar-refractivity contribution >= 4 is 17.6 Å². The van der Waals surface area contributed by atoms with E-state index in [1.807, 2.05) is 13.8 Å². The molecule has 1 aliphatic rings. The number of aliphatic imine (C=N–C) groups is 1. The summed E-state index contributed by atoms with van der Waals surface area (Å²) in [5, 5.41) is 6.05. The van der Waals surface area contributed by atoms with Gasteiger partial charge in [-0.2, -0.15) is 0 Å². The average molecular weight is 333 g/mol. The van der Waals surface area contributed by atoms with Crippen molar-refractivity contribution in [3.8, 4) is 0 Å². The molecule has 0 aromatic carbocycles. The summed E-state index contributed by atoms with van der Waals surface area (Å²) in [5.74, 6) is 0.636. The van der Waals surface area contributed by atoms with Gasteiger partial charge >= 0.3 is 0 Å². The normalized spacial score (nSPS) is 16.1. The van der Waals surface area contributed by atoms with Crippen molar-refractivity contribution < 1.29 is 9.53 Å². The van der Waals surface area contributed by atoms with Crippen molar-refractivity contribution in [1.82, 2.24) is 15.2 Å². The number of nitrogens with zero attached hydrogens (tertiary/aromatic N) is 3. The van der Waals surface area contributed by atoms with Gasteiger partial charge in [0.2, 0.25) is 5.91 Å². The van der Waals surface area contributed by atoms with E-state index in [2.05, 4.69) is 25.5 Å². The van der Waals surface area contributed by atoms with Crippen LogP contribution in [0.4, 0.5) is 5.69 Å². The molecule has 0 bridgehead atoms. The largest absolute Gasteiger partial charge is 0.378 e. The Morgan fingerprint density at radius 3 is 2.83 bits per heavy atom. The molecule has 1 amide bonds. The average Bonchev–Trinajstić information content (AvgIpc) is 2.60. The zero-order chi connectivity index (χ0) is 17.2. The van der Waals surface area contributed by atoms with E-state index in [1.165, 1.54) is 0 Å². The van der Waals surface area contributed by atoms with Crippen LogP contribution < -0.4 is 10.6 Å². The maximum absolute atomic E-state index is 12.0. The van der Waals surface area contributed by atoms with Crippen LogP contribution in [0, 0.1) is 0 Å². The van der Waals surface area contributed by atoms with Gasteiger partial charge in [-0.05, 0) is 38.8 Å². The maximum atomic E-state index is 12.0. The molecule has 0 spiro atoms. The first-order valence-electron chi connectivity index (χ1n) is 8.57. The molecular formula is C17H27N5O2. The van der Waals surface area contributed by atoms with Gasteiger partial charge in [0, 0.05) is 32.4 Å². The van der Waals surface area contributed by atoms with Gasteiger partial charge in [-0.1, -0.05) is 0 Å². The molecule has 0 saturated carbocycles. The van der Waals surface area contributed by atoms with Crippen LogP contribution in [0.25, 0.3) is 0 Å². The van der Waals surface area contributed by atoms with Gasteiger partial charge in [-0.25, -0.2) is 4.99 Å². The topological polar surface area (TPSA) is 78.8 Å². The fourth-order valence-corrected chi connectivity index (χ4v) is 2.68. The summed E-state index contributed by atoms with van der Waals surface area (Å²) in [4.78, 5) is 22.7. The molecule has 7 nitrogen and oxygen atoms in total. The molecule has 132 valence electrons. The van der Waals surface area contributed by atoms with E-state index in [9.17, 15) is 4.79 Å². The third-order valence-electron chi connectivity index (χ3n) is 3.80. The van der Waals surface area contributed by atoms with Crippen LogP contribution in [-0.4, -0.2) is 60.6 Å². The Balaban J connectivity index is 1.87. The summed E-state index contributed by atoms with van der Waals surface area (Å²) in [6, 6.07) is 3.59. The van der Waals surface area contributed by atoms with E-state index in [0.29, 0.717) is 11.8 Å². The molecule has 1 saturated heterocycles. The van der Waals surface area contributed by atoms with Gasteiger partial charge in [0.25, 0.3) is 0 Å². The lowest BCUT2D eigenvalue weighted by molar-refractivity contribution is -0.114. The highest BCUT2D eigenvalue weighted by Gasteiger charge is 2.21. The molecule has 2 N–H and O–H groups in total. The number of ether oxygens (including phenoxy) is 1. The number of hydrogen-bond donors (Lipinski definition) is 2. The summed E-state index contributed by atoms with van der Waals surface area (Å²) < 4.78 is 5.68. The highest BCUT2D eigenvalue weighted by Crippen LogP contribution is 2.13. The van der Waals surface area contributed by atoms with Crippen molar-refractivity contribution in [2.75, 3.05) is 38.1 Å². The molecule has 1 fully saturated rings. The minimum absolute atomic E-state index is 0.0859. The van der Waals surface area contributed by atoms with E-state index in [1.54, 1.807) is 24.5 Å². The summed E-state index contributed by atoms with van der Waals surface area (Å²) >= 11 is 0. The quantitative estimate of drug-likeness (QED) is 0.609. The zero-order valence-corrected chi connectivity index (χ0v) is 14.5. The number of hydrogen-bond acceptors (Lipinski definition) is 4. The number of amides is 1. The lowest BCUT2D eigenvalue weighted by Crippen LogP contribution is -2.47. The van der Waals surface area contributed by atoms with E-state index >= 15 is 0 Å². The number of likely N-dealkylation sites (tertiary alicyclic amines) is 1. The van der Waals surface area contributed by atoms with Crippen molar-refractivity contribution in [2.45, 2.75) is 32.8 Å². The third-order valence-corrected chi connectivity index (χ3v) is 3.80. The fraction of sp³-hybridized carbons (Fsp3) is 0.588. The highest BCUT2D eigenvalue weighted by atomic mass is 16.5. The number of rotatable bonds is 6. The lowest BCUT2D eigenvalue weighted by atomic mass is 10.1. The molecule has 0 radical (unpaired) electrons. The fourth-order valence-electron chi connectivity index (χ4n) is 2.68. The molecule has 24 heavy (non-hydrogen) atoms. The zero-order valence-electron chi connectivity index (χ0n) is 14.5. The van der Waals surface area contributed by atoms with Gasteiger partial charge in [0.1, 0.15) is 6.54 Å². The lowest BCUT2D eigenvalue weighted by Gasteiger charge is -2.34. The molecule has 1 aliphatic heterocycles. The number of guanidine groups is 1. The minimum Gasteiger partial charge on any atom is -0.378 e. The summed E-state index contributed by atoms with van der Waals surface area (Å²) in [6.07, 6.45) is 5.59. The van der Waals surface area contributed by atoms with Crippen LogP contribution in [0.5, 0.6) is 0 Å². The predicted octanol–water partition coefficient (Wildman–Crippen LogP) is 1.49. The number of carbonyl (C=O) groups excluding carboxylic acids is 1. The number of nitrogens with one attached hydrogen (secondary N) is 2. The first-order valence-corrected chi connectivity index (χ1v) is 8.57. The summed E-state index contributed by atoms with van der Waals surface area (Å²) in [5.41, 5.74) is 0.681. The number of anilines is 1. The molecule has 2 heterocycles. The van der Waals surface area contributed by atoms with Crippen molar-refractivity contribution in [1.29, 1.82) is 0 Å². The Morgan fingerprint density at radius 2 is 2.21 bits per heavy atom. The number of pyridine rings is 1. The molecular weight excluding hydrogens is 306 g/mol. The second-order valence-corrected chi connectivity index (χ2v) is 5.60. The van der Waals surface area contributed by atoms with E-state index in [-0.39, 0.29) is 12.5 Å². The van der Waals surface area contributed by atoms with Crippen LogP contribution in [-0.2, 0) is 9.53 Å².